The Labute approximate surface area is 119 Å². The predicted octanol–water partition coefficient (Wildman–Crippen LogP) is 3.14. The Bertz CT molecular complexity index is 390. The molecule has 0 saturated carbocycles. The highest BCUT2D eigenvalue weighted by atomic mass is 35.5. The van der Waals surface area contributed by atoms with Crippen LogP contribution in [0.5, 0.6) is 0 Å². The monoisotopic (exact) mass is 291 g/mol. The van der Waals surface area contributed by atoms with E-state index in [-0.39, 0.29) is 18.3 Å². The lowest BCUT2D eigenvalue weighted by atomic mass is 9.97. The van der Waals surface area contributed by atoms with Crippen molar-refractivity contribution < 1.29 is 4.79 Å². The summed E-state index contributed by atoms with van der Waals surface area (Å²) in [6.45, 7) is 7.91. The van der Waals surface area contributed by atoms with Crippen molar-refractivity contribution in [1.29, 1.82) is 0 Å². The zero-order chi connectivity index (χ0) is 13.1. The maximum Gasteiger partial charge on any atom is 0.245 e. The zero-order valence-electron chi connectivity index (χ0n) is 11.3. The Hall–Kier alpha value is -0.650. The third-order valence-electron chi connectivity index (χ3n) is 2.62. The number of carbonyl (C=O) groups is 1. The first-order chi connectivity index (χ1) is 7.86. The number of aromatic nitrogens is 1. The Balaban J connectivity index is 0.00000289. The third-order valence-corrected chi connectivity index (χ3v) is 3.40. The Kier molecular flexibility index (Phi) is 6.81. The molecular formula is C12H22ClN3OS. The number of halogens is 1. The Morgan fingerprint density at radius 1 is 1.61 bits per heavy atom. The topological polar surface area (TPSA) is 68.0 Å². The quantitative estimate of drug-likeness (QED) is 0.876. The van der Waals surface area contributed by atoms with Crippen LogP contribution >= 0.6 is 23.7 Å². The van der Waals surface area contributed by atoms with E-state index in [9.17, 15) is 4.79 Å². The van der Waals surface area contributed by atoms with Crippen molar-refractivity contribution in [1.82, 2.24) is 4.98 Å². The molecular weight excluding hydrogens is 270 g/mol. The van der Waals surface area contributed by atoms with Gasteiger partial charge >= 0.3 is 0 Å². The number of hydrogen-bond acceptors (Lipinski definition) is 4. The van der Waals surface area contributed by atoms with Crippen molar-refractivity contribution in [3.05, 3.63) is 11.1 Å². The number of hydrogen-bond donors (Lipinski definition) is 2. The van der Waals surface area contributed by atoms with Gasteiger partial charge in [0.25, 0.3) is 0 Å². The molecule has 0 bridgehead atoms. The highest BCUT2D eigenvalue weighted by Crippen LogP contribution is 2.22. The number of nitrogens with zero attached hydrogens (tertiary/aromatic N) is 1. The fraction of sp³-hybridized carbons (Fsp3) is 0.667. The zero-order valence-corrected chi connectivity index (χ0v) is 13.0. The molecule has 0 aliphatic heterocycles. The highest BCUT2D eigenvalue weighted by molar-refractivity contribution is 7.13. The number of nitrogens with one attached hydrogen (secondary N) is 1. The summed E-state index contributed by atoms with van der Waals surface area (Å²) in [6, 6.07) is 0. The van der Waals surface area contributed by atoms with E-state index in [2.05, 4.69) is 24.1 Å². The minimum atomic E-state index is -0.821. The van der Waals surface area contributed by atoms with Gasteiger partial charge in [-0.05, 0) is 19.3 Å². The molecule has 1 rings (SSSR count). The van der Waals surface area contributed by atoms with Crippen LogP contribution in [0.4, 0.5) is 5.13 Å². The molecule has 0 aliphatic rings. The van der Waals surface area contributed by atoms with E-state index in [1.54, 1.807) is 6.92 Å². The number of carbonyl (C=O) groups excluding carboxylic acids is 1. The second-order valence-corrected chi connectivity index (χ2v) is 5.71. The van der Waals surface area contributed by atoms with Gasteiger partial charge in [-0.25, -0.2) is 4.98 Å². The molecule has 0 aliphatic carbocycles. The normalized spacial score (nSPS) is 13.9. The summed E-state index contributed by atoms with van der Waals surface area (Å²) >= 11 is 1.44. The van der Waals surface area contributed by atoms with Crippen LogP contribution in [0.25, 0.3) is 0 Å². The smallest absolute Gasteiger partial charge is 0.245 e. The van der Waals surface area contributed by atoms with Gasteiger partial charge in [-0.15, -0.1) is 23.7 Å². The number of amides is 1. The molecule has 1 heterocycles. The average Bonchev–Trinajstić information content (AvgIpc) is 2.66. The van der Waals surface area contributed by atoms with Crippen molar-refractivity contribution in [3.8, 4) is 0 Å². The second kappa shape index (κ2) is 7.07. The first kappa shape index (κ1) is 17.4. The number of thiazole rings is 1. The molecule has 1 aromatic heterocycles. The molecule has 104 valence electrons. The lowest BCUT2D eigenvalue weighted by molar-refractivity contribution is -0.120. The fourth-order valence-corrected chi connectivity index (χ4v) is 2.35. The average molecular weight is 292 g/mol. The van der Waals surface area contributed by atoms with E-state index in [1.807, 2.05) is 12.3 Å². The van der Waals surface area contributed by atoms with Crippen molar-refractivity contribution >= 4 is 34.8 Å². The molecule has 0 radical (unpaired) electrons. The van der Waals surface area contributed by atoms with Gasteiger partial charge in [0.05, 0.1) is 11.2 Å². The molecule has 1 amide bonds. The van der Waals surface area contributed by atoms with Gasteiger partial charge < -0.3 is 11.1 Å². The summed E-state index contributed by atoms with van der Waals surface area (Å²) in [6.07, 6.45) is 1.55. The summed E-state index contributed by atoms with van der Waals surface area (Å²) in [5.74, 6) is 0.209. The maximum absolute atomic E-state index is 11.9. The predicted molar refractivity (Wildman–Crippen MR) is 79.6 cm³/mol. The Morgan fingerprint density at radius 2 is 2.22 bits per heavy atom. The van der Waals surface area contributed by atoms with Gasteiger partial charge in [0.15, 0.2) is 5.13 Å². The van der Waals surface area contributed by atoms with Crippen LogP contribution in [-0.2, 0) is 4.79 Å². The molecule has 6 heteroatoms. The van der Waals surface area contributed by atoms with Crippen molar-refractivity contribution in [2.45, 2.75) is 52.0 Å². The number of anilines is 1. The molecule has 18 heavy (non-hydrogen) atoms. The molecule has 3 N–H and O–H groups in total. The lowest BCUT2D eigenvalue weighted by Crippen LogP contribution is -2.48. The number of nitrogens with two attached hydrogens (primary N) is 1. The molecule has 1 atom stereocenters. The van der Waals surface area contributed by atoms with Gasteiger partial charge in [0.2, 0.25) is 5.91 Å². The minimum Gasteiger partial charge on any atom is -0.318 e. The van der Waals surface area contributed by atoms with Gasteiger partial charge in [0, 0.05) is 5.38 Å². The van der Waals surface area contributed by atoms with Crippen LogP contribution in [0, 0.1) is 0 Å². The van der Waals surface area contributed by atoms with E-state index < -0.39 is 5.54 Å². The van der Waals surface area contributed by atoms with Crippen LogP contribution < -0.4 is 11.1 Å². The van der Waals surface area contributed by atoms with Crippen LogP contribution in [0.3, 0.4) is 0 Å². The molecule has 4 nitrogen and oxygen atoms in total. The summed E-state index contributed by atoms with van der Waals surface area (Å²) in [5.41, 5.74) is 6.13. The van der Waals surface area contributed by atoms with Crippen LogP contribution in [0.1, 0.15) is 52.1 Å². The largest absolute Gasteiger partial charge is 0.318 e. The highest BCUT2D eigenvalue weighted by Gasteiger charge is 2.27. The lowest BCUT2D eigenvalue weighted by Gasteiger charge is -2.21. The fourth-order valence-electron chi connectivity index (χ4n) is 1.48. The van der Waals surface area contributed by atoms with Crippen molar-refractivity contribution in [2.24, 2.45) is 5.73 Å². The van der Waals surface area contributed by atoms with Crippen LogP contribution in [0.15, 0.2) is 5.38 Å². The summed E-state index contributed by atoms with van der Waals surface area (Å²) < 4.78 is 0. The summed E-state index contributed by atoms with van der Waals surface area (Å²) in [5, 5.41) is 5.38. The molecule has 1 aromatic rings. The first-order valence-corrected chi connectivity index (χ1v) is 6.80. The van der Waals surface area contributed by atoms with E-state index in [0.29, 0.717) is 17.5 Å². The number of rotatable bonds is 5. The van der Waals surface area contributed by atoms with Gasteiger partial charge in [-0.1, -0.05) is 27.2 Å². The maximum atomic E-state index is 11.9. The van der Waals surface area contributed by atoms with Crippen LogP contribution in [0.2, 0.25) is 0 Å². The van der Waals surface area contributed by atoms with Crippen molar-refractivity contribution in [3.63, 3.8) is 0 Å². The van der Waals surface area contributed by atoms with Gasteiger partial charge in [0.1, 0.15) is 0 Å². The van der Waals surface area contributed by atoms with Gasteiger partial charge in [-0.3, -0.25) is 4.79 Å². The molecule has 0 spiro atoms. The molecule has 0 saturated heterocycles. The summed E-state index contributed by atoms with van der Waals surface area (Å²) in [4.78, 5) is 16.3. The van der Waals surface area contributed by atoms with E-state index >= 15 is 0 Å². The summed E-state index contributed by atoms with van der Waals surface area (Å²) in [7, 11) is 0. The van der Waals surface area contributed by atoms with E-state index in [1.165, 1.54) is 11.3 Å². The molecule has 1 unspecified atom stereocenters. The van der Waals surface area contributed by atoms with Crippen LogP contribution in [-0.4, -0.2) is 16.4 Å². The molecule has 0 aromatic carbocycles. The standard InChI is InChI=1S/C12H21N3OS.ClH/c1-5-6-12(4,13)10(16)15-11-14-9(7-17-11)8(2)3;/h7-8H,5-6,13H2,1-4H3,(H,14,15,16);1H. The SMILES string of the molecule is CCCC(C)(N)C(=O)Nc1nc(C(C)C)cs1.Cl. The van der Waals surface area contributed by atoms with E-state index in [4.69, 9.17) is 5.73 Å². The minimum absolute atomic E-state index is 0. The first-order valence-electron chi connectivity index (χ1n) is 5.92. The third kappa shape index (κ3) is 4.55. The second-order valence-electron chi connectivity index (χ2n) is 4.85. The van der Waals surface area contributed by atoms with Crippen molar-refractivity contribution in [2.75, 3.05) is 5.32 Å². The molecule has 0 fully saturated rings. The Morgan fingerprint density at radius 3 is 2.67 bits per heavy atom. The van der Waals surface area contributed by atoms with E-state index in [0.717, 1.165) is 12.1 Å². The van der Waals surface area contributed by atoms with Gasteiger partial charge in [-0.2, -0.15) is 0 Å².